The fraction of sp³-hybridized carbons (Fsp3) is 0. The van der Waals surface area contributed by atoms with Gasteiger partial charge in [0, 0.05) is 55.7 Å². The normalized spacial score (nSPS) is 11.6. The molecule has 0 aliphatic heterocycles. The number of anilines is 3. The van der Waals surface area contributed by atoms with Gasteiger partial charge in [-0.25, -0.2) is 0 Å². The molecule has 0 bridgehead atoms. The Balaban J connectivity index is 1.10. The van der Waals surface area contributed by atoms with Gasteiger partial charge in [-0.15, -0.1) is 0 Å². The Morgan fingerprint density at radius 1 is 0.345 bits per heavy atom. The van der Waals surface area contributed by atoms with Crippen LogP contribution >= 0.6 is 0 Å². The summed E-state index contributed by atoms with van der Waals surface area (Å²) in [6, 6.07) is 74.0. The Morgan fingerprint density at radius 2 is 0.927 bits per heavy atom. The summed E-state index contributed by atoms with van der Waals surface area (Å²) < 4.78 is 8.85. The number of furan rings is 1. The lowest BCUT2D eigenvalue weighted by Gasteiger charge is -2.26. The second-order valence-electron chi connectivity index (χ2n) is 14.2. The van der Waals surface area contributed by atoms with Crippen molar-refractivity contribution in [1.29, 1.82) is 0 Å². The molecule has 55 heavy (non-hydrogen) atoms. The predicted molar refractivity (Wildman–Crippen MR) is 231 cm³/mol. The maximum atomic E-state index is 6.41. The summed E-state index contributed by atoms with van der Waals surface area (Å²) in [5.74, 6) is 0. The number of rotatable bonds is 6. The molecule has 0 saturated heterocycles. The van der Waals surface area contributed by atoms with Crippen molar-refractivity contribution >= 4 is 71.6 Å². The van der Waals surface area contributed by atoms with Gasteiger partial charge in [-0.2, -0.15) is 0 Å². The van der Waals surface area contributed by atoms with Crippen molar-refractivity contribution in [3.8, 4) is 27.9 Å². The first kappa shape index (κ1) is 31.2. The number of fused-ring (bicyclic) bond motifs is 8. The molecule has 11 rings (SSSR count). The van der Waals surface area contributed by atoms with Crippen LogP contribution < -0.4 is 4.90 Å². The fourth-order valence-electron chi connectivity index (χ4n) is 8.38. The lowest BCUT2D eigenvalue weighted by atomic mass is 10.0. The molecule has 0 atom stereocenters. The molecule has 0 N–H and O–H groups in total. The van der Waals surface area contributed by atoms with Gasteiger partial charge in [-0.1, -0.05) is 140 Å². The molecule has 0 aliphatic carbocycles. The summed E-state index contributed by atoms with van der Waals surface area (Å²) in [6.45, 7) is 0. The van der Waals surface area contributed by atoms with Gasteiger partial charge in [0.2, 0.25) is 0 Å². The van der Waals surface area contributed by atoms with Gasteiger partial charge in [-0.3, -0.25) is 0 Å². The molecule has 3 heteroatoms. The highest BCUT2D eigenvalue weighted by molar-refractivity contribution is 6.19. The van der Waals surface area contributed by atoms with Gasteiger partial charge in [-0.05, 0) is 88.3 Å². The Hall–Kier alpha value is -7.36. The Kier molecular flexibility index (Phi) is 7.17. The molecule has 0 aliphatic rings. The summed E-state index contributed by atoms with van der Waals surface area (Å²) >= 11 is 0. The van der Waals surface area contributed by atoms with E-state index in [0.29, 0.717) is 0 Å². The standard InChI is InChI=1S/C52H34N2O/c1-3-13-35(14-4-1)37-16-11-20-41(31-37)53(43-27-30-47-46-23-9-10-24-50(46)55-51(47)34-43)42-21-12-17-38(32-42)39-26-28-45-48-29-25-36-15-7-8-22-44(36)52(48)54(49(45)33-39)40-18-5-2-6-19-40/h1-34H. The molecule has 0 spiro atoms. The molecule has 2 heterocycles. The monoisotopic (exact) mass is 702 g/mol. The van der Waals surface area contributed by atoms with Crippen molar-refractivity contribution in [3.05, 3.63) is 206 Å². The third-order valence-electron chi connectivity index (χ3n) is 10.9. The van der Waals surface area contributed by atoms with E-state index in [2.05, 4.69) is 204 Å². The molecule has 0 fully saturated rings. The summed E-state index contributed by atoms with van der Waals surface area (Å²) in [5, 5.41) is 7.21. The summed E-state index contributed by atoms with van der Waals surface area (Å²) in [6.07, 6.45) is 0. The molecule has 0 amide bonds. The van der Waals surface area contributed by atoms with Crippen LogP contribution in [0.25, 0.3) is 82.5 Å². The summed E-state index contributed by atoms with van der Waals surface area (Å²) in [4.78, 5) is 2.34. The number of hydrogen-bond acceptors (Lipinski definition) is 2. The summed E-state index contributed by atoms with van der Waals surface area (Å²) in [5.41, 5.74) is 13.1. The van der Waals surface area contributed by atoms with Crippen LogP contribution in [0.5, 0.6) is 0 Å². The van der Waals surface area contributed by atoms with E-state index < -0.39 is 0 Å². The van der Waals surface area contributed by atoms with Crippen molar-refractivity contribution in [1.82, 2.24) is 4.57 Å². The lowest BCUT2D eigenvalue weighted by molar-refractivity contribution is 0.669. The van der Waals surface area contributed by atoms with Gasteiger partial charge in [0.05, 0.1) is 11.0 Å². The zero-order chi connectivity index (χ0) is 36.3. The van der Waals surface area contributed by atoms with E-state index in [0.717, 1.165) is 61.4 Å². The smallest absolute Gasteiger partial charge is 0.137 e. The fourth-order valence-corrected chi connectivity index (χ4v) is 8.38. The zero-order valence-electron chi connectivity index (χ0n) is 29.9. The largest absolute Gasteiger partial charge is 0.456 e. The van der Waals surface area contributed by atoms with Crippen LogP contribution in [0.15, 0.2) is 211 Å². The number of benzene rings is 9. The third kappa shape index (κ3) is 5.20. The van der Waals surface area contributed by atoms with Crippen LogP contribution in [-0.4, -0.2) is 4.57 Å². The molecule has 0 radical (unpaired) electrons. The van der Waals surface area contributed by atoms with Crippen molar-refractivity contribution in [2.75, 3.05) is 4.90 Å². The highest BCUT2D eigenvalue weighted by Crippen LogP contribution is 2.42. The van der Waals surface area contributed by atoms with Gasteiger partial charge < -0.3 is 13.9 Å². The average Bonchev–Trinajstić information content (AvgIpc) is 3.80. The maximum absolute atomic E-state index is 6.41. The minimum Gasteiger partial charge on any atom is -0.456 e. The third-order valence-corrected chi connectivity index (χ3v) is 10.9. The van der Waals surface area contributed by atoms with Gasteiger partial charge in [0.1, 0.15) is 11.2 Å². The van der Waals surface area contributed by atoms with E-state index in [1.807, 2.05) is 12.1 Å². The van der Waals surface area contributed by atoms with Crippen LogP contribution in [0.1, 0.15) is 0 Å². The highest BCUT2D eigenvalue weighted by atomic mass is 16.3. The van der Waals surface area contributed by atoms with E-state index >= 15 is 0 Å². The minimum atomic E-state index is 0.866. The molecule has 258 valence electrons. The minimum absolute atomic E-state index is 0.866. The molecular formula is C52H34N2O. The number of nitrogens with zero attached hydrogens (tertiary/aromatic N) is 2. The molecule has 11 aromatic rings. The topological polar surface area (TPSA) is 21.3 Å². The lowest BCUT2D eigenvalue weighted by Crippen LogP contribution is -2.10. The first-order valence-electron chi connectivity index (χ1n) is 18.8. The van der Waals surface area contributed by atoms with Gasteiger partial charge >= 0.3 is 0 Å². The second-order valence-corrected chi connectivity index (χ2v) is 14.2. The van der Waals surface area contributed by atoms with E-state index in [1.165, 1.54) is 38.1 Å². The predicted octanol–water partition coefficient (Wildman–Crippen LogP) is 14.6. The van der Waals surface area contributed by atoms with E-state index in [-0.39, 0.29) is 0 Å². The SMILES string of the molecule is c1ccc(-c2cccc(N(c3cccc(-c4ccc5c6ccc7ccccc7c6n(-c6ccccc6)c5c4)c3)c3ccc4c(c3)oc3ccccc34)c2)cc1. The maximum Gasteiger partial charge on any atom is 0.137 e. The van der Waals surface area contributed by atoms with Crippen LogP contribution in [0.2, 0.25) is 0 Å². The van der Waals surface area contributed by atoms with Gasteiger partial charge in [0.25, 0.3) is 0 Å². The molecule has 0 unspecified atom stereocenters. The molecule has 3 nitrogen and oxygen atoms in total. The van der Waals surface area contributed by atoms with Crippen molar-refractivity contribution < 1.29 is 4.42 Å². The molecule has 2 aromatic heterocycles. The summed E-state index contributed by atoms with van der Waals surface area (Å²) in [7, 11) is 0. The zero-order valence-corrected chi connectivity index (χ0v) is 29.9. The average molecular weight is 703 g/mol. The van der Waals surface area contributed by atoms with E-state index in [9.17, 15) is 0 Å². The van der Waals surface area contributed by atoms with Gasteiger partial charge in [0.15, 0.2) is 0 Å². The van der Waals surface area contributed by atoms with Crippen LogP contribution in [-0.2, 0) is 0 Å². The van der Waals surface area contributed by atoms with Crippen LogP contribution in [0, 0.1) is 0 Å². The van der Waals surface area contributed by atoms with E-state index in [4.69, 9.17) is 4.42 Å². The number of para-hydroxylation sites is 2. The Labute approximate surface area is 318 Å². The number of hydrogen-bond donors (Lipinski definition) is 0. The molecule has 0 saturated carbocycles. The first-order chi connectivity index (χ1) is 27.3. The van der Waals surface area contributed by atoms with Crippen LogP contribution in [0.3, 0.4) is 0 Å². The molecule has 9 aromatic carbocycles. The first-order valence-corrected chi connectivity index (χ1v) is 18.8. The highest BCUT2D eigenvalue weighted by Gasteiger charge is 2.19. The number of aromatic nitrogens is 1. The quantitative estimate of drug-likeness (QED) is 0.172. The Bertz CT molecular complexity index is 3210. The molecular weight excluding hydrogens is 669 g/mol. The van der Waals surface area contributed by atoms with E-state index in [1.54, 1.807) is 0 Å². The van der Waals surface area contributed by atoms with Crippen molar-refractivity contribution in [2.45, 2.75) is 0 Å². The Morgan fingerprint density at radius 3 is 1.73 bits per heavy atom. The van der Waals surface area contributed by atoms with Crippen molar-refractivity contribution in [3.63, 3.8) is 0 Å². The second kappa shape index (κ2) is 12.6. The van der Waals surface area contributed by atoms with Crippen molar-refractivity contribution in [2.24, 2.45) is 0 Å². The van der Waals surface area contributed by atoms with Crippen LogP contribution in [0.4, 0.5) is 17.1 Å².